The van der Waals surface area contributed by atoms with Crippen LogP contribution in [0.3, 0.4) is 0 Å². The van der Waals surface area contributed by atoms with E-state index in [1.54, 1.807) is 24.3 Å². The summed E-state index contributed by atoms with van der Waals surface area (Å²) in [6, 6.07) is 12.8. The molecule has 2 rings (SSSR count). The van der Waals surface area contributed by atoms with E-state index in [0.717, 1.165) is 4.47 Å². The molecule has 0 saturated heterocycles. The molecular formula is C20H23BrN2O3. The lowest BCUT2D eigenvalue weighted by molar-refractivity contribution is -0.118. The number of amides is 2. The van der Waals surface area contributed by atoms with Crippen LogP contribution in [0, 0.1) is 0 Å². The van der Waals surface area contributed by atoms with Gasteiger partial charge in [-0.2, -0.15) is 0 Å². The number of ether oxygens (including phenoxy) is 1. The summed E-state index contributed by atoms with van der Waals surface area (Å²) in [6.07, 6.45) is 0. The van der Waals surface area contributed by atoms with Crippen molar-refractivity contribution in [1.29, 1.82) is 0 Å². The van der Waals surface area contributed by atoms with Crippen molar-refractivity contribution in [1.82, 2.24) is 0 Å². The molecule has 2 aromatic rings. The van der Waals surface area contributed by atoms with Crippen LogP contribution < -0.4 is 15.4 Å². The zero-order valence-corrected chi connectivity index (χ0v) is 16.9. The maximum Gasteiger partial charge on any atom is 0.262 e. The first-order chi connectivity index (χ1) is 12.1. The van der Waals surface area contributed by atoms with Crippen LogP contribution >= 0.6 is 15.9 Å². The molecule has 0 fully saturated rings. The second-order valence-corrected chi connectivity index (χ2v) is 7.84. The summed E-state index contributed by atoms with van der Waals surface area (Å²) >= 11 is 3.49. The maximum absolute atomic E-state index is 12.1. The summed E-state index contributed by atoms with van der Waals surface area (Å²) < 4.78 is 6.42. The van der Waals surface area contributed by atoms with Crippen LogP contribution in [0.15, 0.2) is 46.9 Å². The molecule has 0 saturated carbocycles. The molecule has 0 aliphatic carbocycles. The molecular weight excluding hydrogens is 396 g/mol. The number of carbonyl (C=O) groups is 2. The third kappa shape index (κ3) is 5.88. The fourth-order valence-corrected chi connectivity index (χ4v) is 2.76. The Morgan fingerprint density at radius 2 is 1.58 bits per heavy atom. The lowest BCUT2D eigenvalue weighted by atomic mass is 9.87. The van der Waals surface area contributed by atoms with Gasteiger partial charge in [-0.05, 0) is 63.3 Å². The average molecular weight is 419 g/mol. The van der Waals surface area contributed by atoms with E-state index in [4.69, 9.17) is 4.74 Å². The molecule has 0 spiro atoms. The van der Waals surface area contributed by atoms with Gasteiger partial charge < -0.3 is 15.4 Å². The third-order valence-corrected chi connectivity index (χ3v) is 4.27. The zero-order chi connectivity index (χ0) is 19.3. The normalized spacial score (nSPS) is 11.0. The van der Waals surface area contributed by atoms with Crippen LogP contribution in [0.1, 0.15) is 33.3 Å². The molecule has 0 unspecified atom stereocenters. The number of nitrogens with one attached hydrogen (secondary N) is 2. The van der Waals surface area contributed by atoms with Crippen LogP contribution in [-0.2, 0) is 15.0 Å². The summed E-state index contributed by atoms with van der Waals surface area (Å²) in [7, 11) is 0. The van der Waals surface area contributed by atoms with Crippen LogP contribution in [0.5, 0.6) is 5.75 Å². The van der Waals surface area contributed by atoms with Gasteiger partial charge in [0.2, 0.25) is 5.91 Å². The van der Waals surface area contributed by atoms with Gasteiger partial charge in [0, 0.05) is 18.3 Å². The monoisotopic (exact) mass is 418 g/mol. The van der Waals surface area contributed by atoms with Gasteiger partial charge in [-0.1, -0.05) is 26.8 Å². The van der Waals surface area contributed by atoms with E-state index in [1.807, 2.05) is 18.2 Å². The fourth-order valence-electron chi connectivity index (χ4n) is 2.26. The predicted molar refractivity (Wildman–Crippen MR) is 108 cm³/mol. The second kappa shape index (κ2) is 8.36. The van der Waals surface area contributed by atoms with Gasteiger partial charge in [0.15, 0.2) is 6.61 Å². The molecule has 2 aromatic carbocycles. The van der Waals surface area contributed by atoms with Crippen LogP contribution in [0.2, 0.25) is 0 Å². The Bertz CT molecular complexity index is 796. The minimum absolute atomic E-state index is 0.0435. The highest BCUT2D eigenvalue weighted by molar-refractivity contribution is 9.10. The number of hydrogen-bond acceptors (Lipinski definition) is 3. The summed E-state index contributed by atoms with van der Waals surface area (Å²) in [5.74, 6) is 0.219. The smallest absolute Gasteiger partial charge is 0.262 e. The van der Waals surface area contributed by atoms with Gasteiger partial charge in [0.1, 0.15) is 5.75 Å². The van der Waals surface area contributed by atoms with Gasteiger partial charge in [0.25, 0.3) is 5.91 Å². The summed E-state index contributed by atoms with van der Waals surface area (Å²) in [6.45, 7) is 7.76. The largest absolute Gasteiger partial charge is 0.483 e. The van der Waals surface area contributed by atoms with Crippen LogP contribution in [0.25, 0.3) is 0 Å². The first-order valence-electron chi connectivity index (χ1n) is 8.25. The Kier molecular flexibility index (Phi) is 6.42. The fraction of sp³-hybridized carbons (Fsp3) is 0.300. The Hall–Kier alpha value is -2.34. The van der Waals surface area contributed by atoms with E-state index >= 15 is 0 Å². The van der Waals surface area contributed by atoms with Gasteiger partial charge in [0.05, 0.1) is 4.47 Å². The topological polar surface area (TPSA) is 67.4 Å². The highest BCUT2D eigenvalue weighted by Gasteiger charge is 2.15. The highest BCUT2D eigenvalue weighted by atomic mass is 79.9. The SMILES string of the molecule is CC(=O)Nc1ccc(NC(=O)COc2ccc(C(C)(C)C)cc2Br)cc1. The molecule has 0 atom stereocenters. The summed E-state index contributed by atoms with van der Waals surface area (Å²) in [5.41, 5.74) is 2.53. The van der Waals surface area contributed by atoms with E-state index in [2.05, 4.69) is 47.3 Å². The van der Waals surface area contributed by atoms with Gasteiger partial charge in [-0.15, -0.1) is 0 Å². The molecule has 0 aliphatic heterocycles. The van der Waals surface area contributed by atoms with Crippen molar-refractivity contribution in [3.8, 4) is 5.75 Å². The van der Waals surface area contributed by atoms with Crippen molar-refractivity contribution >= 4 is 39.1 Å². The van der Waals surface area contributed by atoms with E-state index in [9.17, 15) is 9.59 Å². The Balaban J connectivity index is 1.91. The van der Waals surface area contributed by atoms with E-state index in [-0.39, 0.29) is 23.8 Å². The number of benzene rings is 2. The van der Waals surface area contributed by atoms with Crippen molar-refractivity contribution in [3.63, 3.8) is 0 Å². The molecule has 2 N–H and O–H groups in total. The van der Waals surface area contributed by atoms with E-state index in [0.29, 0.717) is 17.1 Å². The minimum Gasteiger partial charge on any atom is -0.483 e. The van der Waals surface area contributed by atoms with Gasteiger partial charge >= 0.3 is 0 Å². The minimum atomic E-state index is -0.260. The number of anilines is 2. The lowest BCUT2D eigenvalue weighted by Gasteiger charge is -2.20. The Morgan fingerprint density at radius 3 is 2.08 bits per heavy atom. The second-order valence-electron chi connectivity index (χ2n) is 6.99. The Morgan fingerprint density at radius 1 is 1.00 bits per heavy atom. The zero-order valence-electron chi connectivity index (χ0n) is 15.4. The van der Waals surface area contributed by atoms with E-state index in [1.165, 1.54) is 12.5 Å². The number of halogens is 1. The number of rotatable bonds is 5. The lowest BCUT2D eigenvalue weighted by Crippen LogP contribution is -2.20. The molecule has 138 valence electrons. The first kappa shape index (κ1) is 20.0. The summed E-state index contributed by atoms with van der Waals surface area (Å²) in [5, 5.41) is 5.43. The van der Waals surface area contributed by atoms with Crippen molar-refractivity contribution in [2.24, 2.45) is 0 Å². The van der Waals surface area contributed by atoms with Crippen molar-refractivity contribution < 1.29 is 14.3 Å². The van der Waals surface area contributed by atoms with Crippen molar-refractivity contribution in [2.75, 3.05) is 17.2 Å². The predicted octanol–water partition coefficient (Wildman–Crippen LogP) is 4.72. The molecule has 0 radical (unpaired) electrons. The number of carbonyl (C=O) groups excluding carboxylic acids is 2. The molecule has 0 bridgehead atoms. The van der Waals surface area contributed by atoms with Gasteiger partial charge in [-0.25, -0.2) is 0 Å². The van der Waals surface area contributed by atoms with Crippen molar-refractivity contribution in [3.05, 3.63) is 52.5 Å². The number of hydrogen-bond donors (Lipinski definition) is 2. The molecule has 0 aromatic heterocycles. The van der Waals surface area contributed by atoms with Crippen LogP contribution in [0.4, 0.5) is 11.4 Å². The Labute approximate surface area is 162 Å². The maximum atomic E-state index is 12.1. The van der Waals surface area contributed by atoms with E-state index < -0.39 is 0 Å². The third-order valence-electron chi connectivity index (χ3n) is 3.65. The van der Waals surface area contributed by atoms with Crippen LogP contribution in [-0.4, -0.2) is 18.4 Å². The average Bonchev–Trinajstić information content (AvgIpc) is 2.54. The molecule has 2 amide bonds. The molecule has 0 aliphatic rings. The quantitative estimate of drug-likeness (QED) is 0.737. The molecule has 0 heterocycles. The standard InChI is InChI=1S/C20H23BrN2O3/c1-13(24)22-15-6-8-16(9-7-15)23-19(25)12-26-18-10-5-14(11-17(18)21)20(2,3)4/h5-11H,12H2,1-4H3,(H,22,24)(H,23,25). The highest BCUT2D eigenvalue weighted by Crippen LogP contribution is 2.31. The first-order valence-corrected chi connectivity index (χ1v) is 9.05. The molecule has 5 nitrogen and oxygen atoms in total. The van der Waals surface area contributed by atoms with Crippen molar-refractivity contribution in [2.45, 2.75) is 33.1 Å². The molecule has 26 heavy (non-hydrogen) atoms. The van der Waals surface area contributed by atoms with Gasteiger partial charge in [-0.3, -0.25) is 9.59 Å². The molecule has 6 heteroatoms. The summed E-state index contributed by atoms with van der Waals surface area (Å²) in [4.78, 5) is 23.1.